The molecule has 3 aromatic rings. The first-order valence-electron chi connectivity index (χ1n) is 12.5. The molecule has 1 atom stereocenters. The van der Waals surface area contributed by atoms with Crippen molar-refractivity contribution in [1.82, 2.24) is 19.5 Å². The molecule has 9 nitrogen and oxygen atoms in total. The standard InChI is InChI=1S/C27H25FN4O5S/c28-18-13-19(21-15-32(27(35)20(21)14-18)22-6-7-24(33)30-26(22)34)16-8-11-31(12-9-16)38(36,37)23-5-1-3-17-4-2-10-29-25(17)23/h1-5,10,13-14,16,22H,6-9,11-12,15H2,(H,30,33,34). The SMILES string of the molecule is O=C1CCC(N2Cc3c(cc(F)cc3C3CCN(S(=O)(=O)c4cccc5cccnc45)CC3)C2=O)C(=O)N1. The minimum Gasteiger partial charge on any atom is -0.322 e. The number of nitrogens with zero attached hydrogens (tertiary/aromatic N) is 3. The van der Waals surface area contributed by atoms with Crippen LogP contribution in [-0.2, 0) is 26.2 Å². The fourth-order valence-electron chi connectivity index (χ4n) is 5.85. The number of hydrogen-bond acceptors (Lipinski definition) is 6. The van der Waals surface area contributed by atoms with E-state index in [1.807, 2.05) is 12.1 Å². The third-order valence-corrected chi connectivity index (χ3v) is 9.69. The first-order chi connectivity index (χ1) is 18.2. The summed E-state index contributed by atoms with van der Waals surface area (Å²) >= 11 is 0. The maximum Gasteiger partial charge on any atom is 0.255 e. The van der Waals surface area contributed by atoms with E-state index in [1.54, 1.807) is 24.4 Å². The lowest BCUT2D eigenvalue weighted by Crippen LogP contribution is -2.52. The Balaban J connectivity index is 1.24. The predicted octanol–water partition coefficient (Wildman–Crippen LogP) is 2.70. The number of sulfonamides is 1. The summed E-state index contributed by atoms with van der Waals surface area (Å²) < 4.78 is 43.1. The summed E-state index contributed by atoms with van der Waals surface area (Å²) in [5.41, 5.74) is 1.99. The highest BCUT2D eigenvalue weighted by Crippen LogP contribution is 2.39. The van der Waals surface area contributed by atoms with E-state index in [9.17, 15) is 27.2 Å². The van der Waals surface area contributed by atoms with E-state index in [4.69, 9.17) is 0 Å². The summed E-state index contributed by atoms with van der Waals surface area (Å²) in [5, 5.41) is 3.01. The Hall–Kier alpha value is -3.70. The van der Waals surface area contributed by atoms with E-state index in [0.717, 1.165) is 5.39 Å². The zero-order valence-electron chi connectivity index (χ0n) is 20.4. The molecule has 11 heteroatoms. The first kappa shape index (κ1) is 24.6. The highest BCUT2D eigenvalue weighted by Gasteiger charge is 2.41. The zero-order chi connectivity index (χ0) is 26.6. The molecule has 3 aliphatic heterocycles. The van der Waals surface area contributed by atoms with Gasteiger partial charge in [-0.15, -0.1) is 0 Å². The molecule has 1 unspecified atom stereocenters. The summed E-state index contributed by atoms with van der Waals surface area (Å²) in [4.78, 5) is 43.0. The molecule has 0 bridgehead atoms. The number of fused-ring (bicyclic) bond motifs is 2. The van der Waals surface area contributed by atoms with Gasteiger partial charge in [0, 0.05) is 43.2 Å². The summed E-state index contributed by atoms with van der Waals surface area (Å²) in [7, 11) is -3.79. The molecule has 1 N–H and O–H groups in total. The molecule has 0 saturated carbocycles. The van der Waals surface area contributed by atoms with Gasteiger partial charge in [-0.25, -0.2) is 12.8 Å². The van der Waals surface area contributed by atoms with Crippen molar-refractivity contribution in [2.75, 3.05) is 13.1 Å². The van der Waals surface area contributed by atoms with E-state index in [1.165, 1.54) is 21.3 Å². The number of carbonyl (C=O) groups excluding carboxylic acids is 3. The summed E-state index contributed by atoms with van der Waals surface area (Å²) in [6, 6.07) is 10.5. The minimum absolute atomic E-state index is 0.136. The van der Waals surface area contributed by atoms with Crippen molar-refractivity contribution in [1.29, 1.82) is 0 Å². The Morgan fingerprint density at radius 3 is 2.53 bits per heavy atom. The number of carbonyl (C=O) groups is 3. The Morgan fingerprint density at radius 1 is 1.00 bits per heavy atom. The van der Waals surface area contributed by atoms with Crippen LogP contribution in [0, 0.1) is 5.82 Å². The Labute approximate surface area is 218 Å². The van der Waals surface area contributed by atoms with Crippen LogP contribution in [0.4, 0.5) is 4.39 Å². The molecule has 2 saturated heterocycles. The van der Waals surface area contributed by atoms with E-state index in [0.29, 0.717) is 29.5 Å². The van der Waals surface area contributed by atoms with Gasteiger partial charge >= 0.3 is 0 Å². The number of benzene rings is 2. The van der Waals surface area contributed by atoms with Crippen molar-refractivity contribution in [2.45, 2.75) is 49.1 Å². The second-order valence-corrected chi connectivity index (χ2v) is 11.8. The normalized spacial score (nSPS) is 21.1. The molecule has 38 heavy (non-hydrogen) atoms. The number of piperidine rings is 2. The van der Waals surface area contributed by atoms with Gasteiger partial charge in [0.15, 0.2) is 0 Å². The van der Waals surface area contributed by atoms with Crippen LogP contribution in [0.5, 0.6) is 0 Å². The summed E-state index contributed by atoms with van der Waals surface area (Å²) in [6.45, 7) is 0.634. The number of nitrogens with one attached hydrogen (secondary N) is 1. The van der Waals surface area contributed by atoms with Gasteiger partial charge < -0.3 is 4.90 Å². The molecule has 2 aromatic carbocycles. The van der Waals surface area contributed by atoms with Crippen LogP contribution in [0.3, 0.4) is 0 Å². The molecule has 196 valence electrons. The molecule has 4 heterocycles. The largest absolute Gasteiger partial charge is 0.322 e. The van der Waals surface area contributed by atoms with Crippen LogP contribution in [0.15, 0.2) is 53.6 Å². The lowest BCUT2D eigenvalue weighted by atomic mass is 9.86. The van der Waals surface area contributed by atoms with Crippen LogP contribution in [0.2, 0.25) is 0 Å². The number of hydrogen-bond donors (Lipinski definition) is 1. The maximum atomic E-state index is 14.7. The van der Waals surface area contributed by atoms with Gasteiger partial charge in [-0.3, -0.25) is 24.7 Å². The van der Waals surface area contributed by atoms with Crippen molar-refractivity contribution in [3.05, 3.63) is 71.2 Å². The van der Waals surface area contributed by atoms with E-state index in [-0.39, 0.29) is 54.8 Å². The average molecular weight is 537 g/mol. The minimum atomic E-state index is -3.79. The van der Waals surface area contributed by atoms with Crippen molar-refractivity contribution in [3.63, 3.8) is 0 Å². The van der Waals surface area contributed by atoms with Crippen LogP contribution in [0.25, 0.3) is 10.9 Å². The first-order valence-corrected chi connectivity index (χ1v) is 14.0. The van der Waals surface area contributed by atoms with Gasteiger partial charge in [-0.05, 0) is 60.6 Å². The second kappa shape index (κ2) is 9.25. The van der Waals surface area contributed by atoms with E-state index < -0.39 is 33.7 Å². The Kier molecular flexibility index (Phi) is 5.99. The second-order valence-electron chi connectivity index (χ2n) is 9.93. The molecule has 3 aliphatic rings. The fourth-order valence-corrected chi connectivity index (χ4v) is 7.48. The Bertz CT molecular complexity index is 1600. The van der Waals surface area contributed by atoms with Gasteiger partial charge in [0.1, 0.15) is 16.8 Å². The molecular formula is C27H25FN4O5S. The van der Waals surface area contributed by atoms with Gasteiger partial charge in [-0.1, -0.05) is 18.2 Å². The maximum absolute atomic E-state index is 14.7. The molecule has 0 aliphatic carbocycles. The van der Waals surface area contributed by atoms with Crippen LogP contribution in [0.1, 0.15) is 53.1 Å². The van der Waals surface area contributed by atoms with Crippen molar-refractivity contribution in [3.8, 4) is 0 Å². The fraction of sp³-hybridized carbons (Fsp3) is 0.333. The zero-order valence-corrected chi connectivity index (χ0v) is 21.2. The molecule has 0 radical (unpaired) electrons. The highest BCUT2D eigenvalue weighted by molar-refractivity contribution is 7.89. The molecule has 0 spiro atoms. The van der Waals surface area contributed by atoms with Gasteiger partial charge in [0.2, 0.25) is 21.8 Å². The van der Waals surface area contributed by atoms with E-state index in [2.05, 4.69) is 10.3 Å². The molecule has 2 fully saturated rings. The van der Waals surface area contributed by atoms with Crippen LogP contribution in [-0.4, -0.2) is 59.5 Å². The lowest BCUT2D eigenvalue weighted by Gasteiger charge is -2.32. The van der Waals surface area contributed by atoms with Gasteiger partial charge in [0.05, 0.1) is 5.52 Å². The monoisotopic (exact) mass is 536 g/mol. The topological polar surface area (TPSA) is 117 Å². The lowest BCUT2D eigenvalue weighted by molar-refractivity contribution is -0.136. The van der Waals surface area contributed by atoms with Gasteiger partial charge in [-0.2, -0.15) is 4.31 Å². The predicted molar refractivity (Wildman–Crippen MR) is 135 cm³/mol. The number of rotatable bonds is 4. The smallest absolute Gasteiger partial charge is 0.255 e. The number of pyridine rings is 1. The van der Waals surface area contributed by atoms with Gasteiger partial charge in [0.25, 0.3) is 5.91 Å². The Morgan fingerprint density at radius 2 is 1.76 bits per heavy atom. The average Bonchev–Trinajstić information content (AvgIpc) is 3.23. The third kappa shape index (κ3) is 4.06. The van der Waals surface area contributed by atoms with Crippen molar-refractivity contribution >= 4 is 38.6 Å². The number of aromatic nitrogens is 1. The van der Waals surface area contributed by atoms with Crippen LogP contribution >= 0.6 is 0 Å². The number of halogens is 1. The molecular weight excluding hydrogens is 511 g/mol. The van der Waals surface area contributed by atoms with Crippen LogP contribution < -0.4 is 5.32 Å². The van der Waals surface area contributed by atoms with E-state index >= 15 is 0 Å². The van der Waals surface area contributed by atoms with Crippen molar-refractivity contribution in [2.24, 2.45) is 0 Å². The third-order valence-electron chi connectivity index (χ3n) is 7.76. The molecule has 6 rings (SSSR count). The van der Waals surface area contributed by atoms with Crippen molar-refractivity contribution < 1.29 is 27.2 Å². The quantitative estimate of drug-likeness (QED) is 0.513. The summed E-state index contributed by atoms with van der Waals surface area (Å²) in [6.07, 6.45) is 2.84. The number of para-hydroxylation sites is 1. The molecule has 3 amide bonds. The molecule has 1 aromatic heterocycles. The number of imide groups is 1. The highest BCUT2D eigenvalue weighted by atomic mass is 32.2. The number of amides is 3. The summed E-state index contributed by atoms with van der Waals surface area (Å²) in [5.74, 6) is -2.02.